The molecule has 2 N–H and O–H groups in total. The summed E-state index contributed by atoms with van der Waals surface area (Å²) >= 11 is 6.20. The third-order valence-electron chi connectivity index (χ3n) is 5.38. The van der Waals surface area contributed by atoms with E-state index in [0.29, 0.717) is 18.1 Å². The van der Waals surface area contributed by atoms with Crippen LogP contribution in [0, 0.1) is 0 Å². The van der Waals surface area contributed by atoms with Crippen LogP contribution >= 0.6 is 11.6 Å². The number of halogens is 1. The fourth-order valence-electron chi connectivity index (χ4n) is 3.50. The molecule has 3 rings (SSSR count). The quantitative estimate of drug-likeness (QED) is 0.391. The van der Waals surface area contributed by atoms with Gasteiger partial charge in [0.25, 0.3) is 0 Å². The van der Waals surface area contributed by atoms with Crippen LogP contribution in [0.15, 0.2) is 77.7 Å². The first kappa shape index (κ1) is 26.5. The van der Waals surface area contributed by atoms with Gasteiger partial charge in [0.1, 0.15) is 17.5 Å². The van der Waals surface area contributed by atoms with E-state index in [4.69, 9.17) is 21.1 Å². The zero-order valence-electron chi connectivity index (χ0n) is 19.8. The van der Waals surface area contributed by atoms with Gasteiger partial charge >= 0.3 is 0 Å². The monoisotopic (exact) mass is 516 g/mol. The van der Waals surface area contributed by atoms with E-state index in [1.807, 2.05) is 56.3 Å². The Morgan fingerprint density at radius 3 is 2.31 bits per heavy atom. The number of benzene rings is 3. The van der Waals surface area contributed by atoms with Crippen LogP contribution in [0.25, 0.3) is 0 Å². The summed E-state index contributed by atoms with van der Waals surface area (Å²) in [5, 5.41) is 3.09. The molecule has 0 radical (unpaired) electrons. The van der Waals surface area contributed by atoms with Crippen molar-refractivity contribution < 1.29 is 22.7 Å². The smallest absolute Gasteiger partial charge is 0.241 e. The number of nitrogens with one attached hydrogen (secondary N) is 2. The van der Waals surface area contributed by atoms with Crippen molar-refractivity contribution in [1.82, 2.24) is 10.0 Å². The first-order valence-corrected chi connectivity index (χ1v) is 13.0. The van der Waals surface area contributed by atoms with Crippen LogP contribution in [0.5, 0.6) is 11.5 Å². The van der Waals surface area contributed by atoms with Gasteiger partial charge in [-0.2, -0.15) is 4.72 Å². The molecule has 3 aromatic carbocycles. The van der Waals surface area contributed by atoms with Gasteiger partial charge in [-0.3, -0.25) is 4.79 Å². The molecule has 0 aromatic heterocycles. The van der Waals surface area contributed by atoms with E-state index in [2.05, 4.69) is 10.0 Å². The predicted molar refractivity (Wildman–Crippen MR) is 136 cm³/mol. The fourth-order valence-corrected chi connectivity index (χ4v) is 5.03. The van der Waals surface area contributed by atoms with Crippen molar-refractivity contribution in [2.24, 2.45) is 0 Å². The average molecular weight is 517 g/mol. The van der Waals surface area contributed by atoms with Gasteiger partial charge in [0.05, 0.1) is 29.7 Å². The molecule has 186 valence electrons. The van der Waals surface area contributed by atoms with E-state index in [1.165, 1.54) is 18.2 Å². The van der Waals surface area contributed by atoms with Gasteiger partial charge in [-0.05, 0) is 61.7 Å². The molecule has 0 heterocycles. The average Bonchev–Trinajstić information content (AvgIpc) is 2.85. The number of methoxy groups -OCH3 is 1. The zero-order valence-corrected chi connectivity index (χ0v) is 21.4. The van der Waals surface area contributed by atoms with Gasteiger partial charge in [-0.25, -0.2) is 8.42 Å². The van der Waals surface area contributed by atoms with Crippen LogP contribution in [0.2, 0.25) is 5.02 Å². The molecule has 3 aromatic rings. The third kappa shape index (κ3) is 7.21. The minimum absolute atomic E-state index is 0.0555. The fraction of sp³-hybridized carbons (Fsp3) is 0.269. The zero-order chi connectivity index (χ0) is 25.4. The second-order valence-electron chi connectivity index (χ2n) is 7.89. The highest BCUT2D eigenvalue weighted by molar-refractivity contribution is 7.89. The van der Waals surface area contributed by atoms with Crippen molar-refractivity contribution >= 4 is 27.5 Å². The van der Waals surface area contributed by atoms with Crippen LogP contribution in [0.1, 0.15) is 31.0 Å². The molecule has 9 heteroatoms. The molecule has 35 heavy (non-hydrogen) atoms. The maximum Gasteiger partial charge on any atom is 0.241 e. The minimum atomic E-state index is -4.06. The molecule has 0 unspecified atom stereocenters. The van der Waals surface area contributed by atoms with Crippen LogP contribution in [-0.4, -0.2) is 34.1 Å². The summed E-state index contributed by atoms with van der Waals surface area (Å²) < 4.78 is 39.5. The maximum atomic E-state index is 13.3. The number of hydrogen-bond acceptors (Lipinski definition) is 5. The van der Waals surface area contributed by atoms with Crippen molar-refractivity contribution in [2.45, 2.75) is 37.2 Å². The molecular formula is C26H29ClN2O5S. The lowest BCUT2D eigenvalue weighted by atomic mass is 10.0. The molecular weight excluding hydrogens is 488 g/mol. The van der Waals surface area contributed by atoms with Gasteiger partial charge in [-0.1, -0.05) is 54.1 Å². The molecule has 0 aliphatic carbocycles. The summed E-state index contributed by atoms with van der Waals surface area (Å²) in [6, 6.07) is 19.3. The number of carbonyl (C=O) groups excluding carboxylic acids is 1. The molecule has 0 saturated carbocycles. The highest BCUT2D eigenvalue weighted by Gasteiger charge is 2.28. The standard InChI is InChI=1S/C26H29ClN2O5S/c1-4-34-25-15-14-22(17-23(25)27)35(31,32)29-24(16-19-8-6-5-7-9-19)26(30)28-18(2)20-10-12-21(33-3)13-11-20/h5-15,17-18,24,29H,4,16H2,1-3H3,(H,28,30)/t18-,24+/m1/s1. The lowest BCUT2D eigenvalue weighted by molar-refractivity contribution is -0.123. The Morgan fingerprint density at radius 2 is 1.71 bits per heavy atom. The van der Waals surface area contributed by atoms with E-state index in [-0.39, 0.29) is 22.4 Å². The number of hydrogen-bond donors (Lipinski definition) is 2. The van der Waals surface area contributed by atoms with Gasteiger partial charge in [0, 0.05) is 0 Å². The molecule has 0 saturated heterocycles. The van der Waals surface area contributed by atoms with Crippen LogP contribution in [-0.2, 0) is 21.2 Å². The highest BCUT2D eigenvalue weighted by atomic mass is 35.5. The molecule has 0 aliphatic rings. The normalized spacial score (nSPS) is 13.0. The van der Waals surface area contributed by atoms with E-state index >= 15 is 0 Å². The Hall–Kier alpha value is -3.07. The van der Waals surface area contributed by atoms with Crippen LogP contribution < -0.4 is 19.5 Å². The largest absolute Gasteiger partial charge is 0.497 e. The number of carbonyl (C=O) groups is 1. The van der Waals surface area contributed by atoms with Crippen molar-refractivity contribution in [3.05, 3.63) is 88.9 Å². The summed E-state index contributed by atoms with van der Waals surface area (Å²) in [6.07, 6.45) is 0.173. The van der Waals surface area contributed by atoms with Crippen molar-refractivity contribution in [2.75, 3.05) is 13.7 Å². The van der Waals surface area contributed by atoms with Crippen LogP contribution in [0.3, 0.4) is 0 Å². The lowest BCUT2D eigenvalue weighted by Gasteiger charge is -2.22. The number of amides is 1. The molecule has 0 fully saturated rings. The third-order valence-corrected chi connectivity index (χ3v) is 7.15. The summed E-state index contributed by atoms with van der Waals surface area (Å²) in [4.78, 5) is 13.2. The molecule has 7 nitrogen and oxygen atoms in total. The molecule has 0 aliphatic heterocycles. The van der Waals surface area contributed by atoms with Gasteiger partial charge in [0.15, 0.2) is 0 Å². The number of sulfonamides is 1. The van der Waals surface area contributed by atoms with E-state index in [1.54, 1.807) is 19.2 Å². The molecule has 0 bridgehead atoms. The molecule has 0 spiro atoms. The van der Waals surface area contributed by atoms with Crippen LogP contribution in [0.4, 0.5) is 0 Å². The Kier molecular flexibility index (Phi) is 9.14. The first-order chi connectivity index (χ1) is 16.7. The van der Waals surface area contributed by atoms with Crippen molar-refractivity contribution in [3.8, 4) is 11.5 Å². The van der Waals surface area contributed by atoms with E-state index in [9.17, 15) is 13.2 Å². The topological polar surface area (TPSA) is 93.7 Å². The Balaban J connectivity index is 1.83. The maximum absolute atomic E-state index is 13.3. The second-order valence-corrected chi connectivity index (χ2v) is 10.0. The Morgan fingerprint density at radius 1 is 1.03 bits per heavy atom. The summed E-state index contributed by atoms with van der Waals surface area (Å²) in [7, 11) is -2.47. The SMILES string of the molecule is CCOc1ccc(S(=O)(=O)N[C@@H](Cc2ccccc2)C(=O)N[C@H](C)c2ccc(OC)cc2)cc1Cl. The highest BCUT2D eigenvalue weighted by Crippen LogP contribution is 2.27. The van der Waals surface area contributed by atoms with E-state index < -0.39 is 22.0 Å². The number of ether oxygens (including phenoxy) is 2. The van der Waals surface area contributed by atoms with Crippen molar-refractivity contribution in [1.29, 1.82) is 0 Å². The molecule has 1 amide bonds. The van der Waals surface area contributed by atoms with Gasteiger partial charge in [0.2, 0.25) is 15.9 Å². The van der Waals surface area contributed by atoms with Crippen molar-refractivity contribution in [3.63, 3.8) is 0 Å². The molecule has 2 atom stereocenters. The summed E-state index contributed by atoms with van der Waals surface area (Å²) in [5.74, 6) is 0.647. The predicted octanol–water partition coefficient (Wildman–Crippen LogP) is 4.51. The summed E-state index contributed by atoms with van der Waals surface area (Å²) in [5.41, 5.74) is 1.68. The Labute approximate surface area is 211 Å². The van der Waals surface area contributed by atoms with Gasteiger partial charge < -0.3 is 14.8 Å². The minimum Gasteiger partial charge on any atom is -0.497 e. The summed E-state index contributed by atoms with van der Waals surface area (Å²) in [6.45, 7) is 4.04. The number of rotatable bonds is 11. The first-order valence-electron chi connectivity index (χ1n) is 11.2. The lowest BCUT2D eigenvalue weighted by Crippen LogP contribution is -2.48. The van der Waals surface area contributed by atoms with Gasteiger partial charge in [-0.15, -0.1) is 0 Å². The van der Waals surface area contributed by atoms with E-state index in [0.717, 1.165) is 11.1 Å². The Bertz CT molecular complexity index is 1230. The second kappa shape index (κ2) is 12.1.